The van der Waals surface area contributed by atoms with Gasteiger partial charge in [0.1, 0.15) is 12.9 Å². The van der Waals surface area contributed by atoms with Crippen molar-refractivity contribution >= 4 is 8.32 Å². The van der Waals surface area contributed by atoms with Crippen LogP contribution in [-0.4, -0.2) is 34.4 Å². The molecule has 1 rings (SSSR count). The Morgan fingerprint density at radius 1 is 1.36 bits per heavy atom. The van der Waals surface area contributed by atoms with Crippen LogP contribution in [0.2, 0.25) is 18.1 Å². The molecular weight excluding hydrogens is 196 g/mol. The van der Waals surface area contributed by atoms with Crippen molar-refractivity contribution in [3.8, 4) is 0 Å². The van der Waals surface area contributed by atoms with Crippen LogP contribution in [0.15, 0.2) is 0 Å². The second-order valence-corrected chi connectivity index (χ2v) is 10.2. The molecule has 1 unspecified atom stereocenters. The molecule has 84 valence electrons. The lowest BCUT2D eigenvalue weighted by atomic mass is 10.2. The Morgan fingerprint density at radius 3 is 2.43 bits per heavy atom. The zero-order valence-electron chi connectivity index (χ0n) is 9.92. The van der Waals surface area contributed by atoms with Gasteiger partial charge in [-0.15, -0.1) is 0 Å². The van der Waals surface area contributed by atoms with Gasteiger partial charge in [0.2, 0.25) is 0 Å². The lowest BCUT2D eigenvalue weighted by molar-refractivity contribution is 0.0299. The number of hydrogen-bond donors (Lipinski definition) is 0. The van der Waals surface area contributed by atoms with Gasteiger partial charge in [-0.3, -0.25) is 0 Å². The van der Waals surface area contributed by atoms with E-state index in [2.05, 4.69) is 33.9 Å². The molecule has 0 amide bonds. The molecule has 1 aliphatic heterocycles. The van der Waals surface area contributed by atoms with Crippen molar-refractivity contribution in [3.05, 3.63) is 0 Å². The van der Waals surface area contributed by atoms with Gasteiger partial charge >= 0.3 is 0 Å². The molecule has 0 aromatic rings. The van der Waals surface area contributed by atoms with Crippen LogP contribution in [0, 0.1) is 0 Å². The molecule has 4 heteroatoms. The topological polar surface area (TPSA) is 27.7 Å². The SMILES string of the molecule is CC(C)(C)[Si](C)(C)OCC1COCO1. The van der Waals surface area contributed by atoms with E-state index in [9.17, 15) is 0 Å². The standard InChI is InChI=1S/C10H22O3Si/c1-10(2,3)14(4,5)13-7-9-6-11-8-12-9/h9H,6-8H2,1-5H3. The Kier molecular flexibility index (Phi) is 3.74. The summed E-state index contributed by atoms with van der Waals surface area (Å²) in [5, 5.41) is 0.270. The molecule has 1 saturated heterocycles. The largest absolute Gasteiger partial charge is 0.414 e. The summed E-state index contributed by atoms with van der Waals surface area (Å²) >= 11 is 0. The van der Waals surface area contributed by atoms with Gasteiger partial charge in [0.05, 0.1) is 13.2 Å². The van der Waals surface area contributed by atoms with Gasteiger partial charge in [-0.25, -0.2) is 0 Å². The molecule has 0 spiro atoms. The third-order valence-corrected chi connectivity index (χ3v) is 7.63. The fourth-order valence-corrected chi connectivity index (χ4v) is 2.02. The van der Waals surface area contributed by atoms with E-state index >= 15 is 0 Å². The fraction of sp³-hybridized carbons (Fsp3) is 1.00. The Bertz CT molecular complexity index is 180. The van der Waals surface area contributed by atoms with E-state index in [4.69, 9.17) is 13.9 Å². The third kappa shape index (κ3) is 3.05. The van der Waals surface area contributed by atoms with E-state index in [1.807, 2.05) is 0 Å². The summed E-state index contributed by atoms with van der Waals surface area (Å²) < 4.78 is 16.5. The van der Waals surface area contributed by atoms with Gasteiger partial charge in [-0.1, -0.05) is 20.8 Å². The number of hydrogen-bond acceptors (Lipinski definition) is 3. The van der Waals surface area contributed by atoms with Crippen molar-refractivity contribution in [1.82, 2.24) is 0 Å². The van der Waals surface area contributed by atoms with Crippen LogP contribution in [0.5, 0.6) is 0 Å². The highest BCUT2D eigenvalue weighted by molar-refractivity contribution is 6.74. The van der Waals surface area contributed by atoms with Crippen LogP contribution in [0.4, 0.5) is 0 Å². The third-order valence-electron chi connectivity index (χ3n) is 3.13. The highest BCUT2D eigenvalue weighted by Gasteiger charge is 2.37. The molecule has 0 aliphatic carbocycles. The van der Waals surface area contributed by atoms with Crippen LogP contribution in [-0.2, 0) is 13.9 Å². The smallest absolute Gasteiger partial charge is 0.192 e. The molecule has 14 heavy (non-hydrogen) atoms. The summed E-state index contributed by atoms with van der Waals surface area (Å²) in [6.07, 6.45) is 0.143. The van der Waals surface area contributed by atoms with Crippen LogP contribution in [0.1, 0.15) is 20.8 Å². The predicted octanol–water partition coefficient (Wildman–Crippen LogP) is 2.38. The summed E-state index contributed by atoms with van der Waals surface area (Å²) in [5.41, 5.74) is 0. The van der Waals surface area contributed by atoms with Crippen molar-refractivity contribution in [2.45, 2.75) is 45.0 Å². The minimum absolute atomic E-state index is 0.143. The van der Waals surface area contributed by atoms with Crippen LogP contribution < -0.4 is 0 Å². The van der Waals surface area contributed by atoms with Crippen molar-refractivity contribution in [3.63, 3.8) is 0 Å². The maximum Gasteiger partial charge on any atom is 0.192 e. The van der Waals surface area contributed by atoms with E-state index in [-0.39, 0.29) is 11.1 Å². The van der Waals surface area contributed by atoms with E-state index in [1.165, 1.54) is 0 Å². The molecule has 1 atom stereocenters. The Morgan fingerprint density at radius 2 is 2.00 bits per heavy atom. The van der Waals surface area contributed by atoms with E-state index in [0.29, 0.717) is 20.0 Å². The average Bonchev–Trinajstić information content (AvgIpc) is 2.50. The molecule has 1 aliphatic rings. The second-order valence-electron chi connectivity index (χ2n) is 5.35. The highest BCUT2D eigenvalue weighted by atomic mass is 28.4. The normalized spacial score (nSPS) is 24.2. The summed E-state index contributed by atoms with van der Waals surface area (Å²) in [4.78, 5) is 0. The summed E-state index contributed by atoms with van der Waals surface area (Å²) in [7, 11) is -1.61. The highest BCUT2D eigenvalue weighted by Crippen LogP contribution is 2.36. The molecule has 0 aromatic heterocycles. The molecule has 0 N–H and O–H groups in total. The quantitative estimate of drug-likeness (QED) is 0.681. The number of ether oxygens (including phenoxy) is 2. The second kappa shape index (κ2) is 4.31. The van der Waals surface area contributed by atoms with Gasteiger partial charge in [-0.2, -0.15) is 0 Å². The first-order chi connectivity index (χ1) is 6.33. The summed E-state index contributed by atoms with van der Waals surface area (Å²) in [5.74, 6) is 0. The Labute approximate surface area is 87.9 Å². The van der Waals surface area contributed by atoms with Crippen LogP contribution >= 0.6 is 0 Å². The zero-order valence-corrected chi connectivity index (χ0v) is 10.9. The minimum Gasteiger partial charge on any atom is -0.414 e. The van der Waals surface area contributed by atoms with Crippen molar-refractivity contribution in [1.29, 1.82) is 0 Å². The lowest BCUT2D eigenvalue weighted by Gasteiger charge is -2.36. The van der Waals surface area contributed by atoms with Gasteiger partial charge in [0.25, 0.3) is 0 Å². The first kappa shape index (κ1) is 12.2. The van der Waals surface area contributed by atoms with Gasteiger partial charge in [0.15, 0.2) is 8.32 Å². The minimum atomic E-state index is -1.61. The molecule has 0 bridgehead atoms. The fourth-order valence-electron chi connectivity index (χ4n) is 0.986. The van der Waals surface area contributed by atoms with Crippen molar-refractivity contribution in [2.24, 2.45) is 0 Å². The van der Waals surface area contributed by atoms with Crippen LogP contribution in [0.3, 0.4) is 0 Å². The number of rotatable bonds is 3. The molecule has 0 radical (unpaired) electrons. The van der Waals surface area contributed by atoms with Crippen molar-refractivity contribution in [2.75, 3.05) is 20.0 Å². The molecule has 3 nitrogen and oxygen atoms in total. The average molecular weight is 218 g/mol. The Balaban J connectivity index is 2.35. The first-order valence-corrected chi connectivity index (χ1v) is 8.07. The predicted molar refractivity (Wildman–Crippen MR) is 58.8 cm³/mol. The monoisotopic (exact) mass is 218 g/mol. The summed E-state index contributed by atoms with van der Waals surface area (Å²) in [6, 6.07) is 0. The van der Waals surface area contributed by atoms with E-state index < -0.39 is 8.32 Å². The molecular formula is C10H22O3Si. The molecule has 0 aromatic carbocycles. The maximum atomic E-state index is 6.01. The van der Waals surface area contributed by atoms with Gasteiger partial charge in [-0.05, 0) is 18.1 Å². The lowest BCUT2D eigenvalue weighted by Crippen LogP contribution is -2.42. The van der Waals surface area contributed by atoms with Crippen molar-refractivity contribution < 1.29 is 13.9 Å². The maximum absolute atomic E-state index is 6.01. The molecule has 1 fully saturated rings. The van der Waals surface area contributed by atoms with Gasteiger partial charge in [0, 0.05) is 0 Å². The Hall–Kier alpha value is 0.0969. The molecule has 0 saturated carbocycles. The molecule has 1 heterocycles. The summed E-state index contributed by atoms with van der Waals surface area (Å²) in [6.45, 7) is 13.0. The van der Waals surface area contributed by atoms with E-state index in [1.54, 1.807) is 0 Å². The van der Waals surface area contributed by atoms with Crippen LogP contribution in [0.25, 0.3) is 0 Å². The van der Waals surface area contributed by atoms with E-state index in [0.717, 1.165) is 0 Å². The first-order valence-electron chi connectivity index (χ1n) is 5.16. The zero-order chi connectivity index (χ0) is 10.8. The van der Waals surface area contributed by atoms with Gasteiger partial charge < -0.3 is 13.9 Å².